The highest BCUT2D eigenvalue weighted by atomic mass is 16.6. The van der Waals surface area contributed by atoms with E-state index in [0.717, 1.165) is 24.8 Å². The van der Waals surface area contributed by atoms with E-state index in [1.54, 1.807) is 12.3 Å². The molecule has 0 fully saturated rings. The maximum atomic E-state index is 11.9. The number of ether oxygens (including phenoxy) is 1. The third-order valence-electron chi connectivity index (χ3n) is 3.56. The summed E-state index contributed by atoms with van der Waals surface area (Å²) in [5, 5.41) is 9.13. The average molecular weight is 304 g/mol. The number of rotatable bonds is 4. The molecule has 0 saturated carbocycles. The lowest BCUT2D eigenvalue weighted by atomic mass is 9.87. The molecule has 22 heavy (non-hydrogen) atoms. The predicted molar refractivity (Wildman–Crippen MR) is 83.7 cm³/mol. The molecule has 0 saturated heterocycles. The second kappa shape index (κ2) is 7.01. The van der Waals surface area contributed by atoms with Gasteiger partial charge in [0.25, 0.3) is 0 Å². The summed E-state index contributed by atoms with van der Waals surface area (Å²) >= 11 is 0. The van der Waals surface area contributed by atoms with Crippen molar-refractivity contribution in [2.45, 2.75) is 58.7 Å². The Hall–Kier alpha value is -1.75. The Morgan fingerprint density at radius 3 is 2.82 bits per heavy atom. The van der Waals surface area contributed by atoms with Gasteiger partial charge in [0.05, 0.1) is 12.3 Å². The Morgan fingerprint density at radius 2 is 2.23 bits per heavy atom. The van der Waals surface area contributed by atoms with Crippen LogP contribution < -0.4 is 0 Å². The van der Waals surface area contributed by atoms with Crippen molar-refractivity contribution in [3.8, 4) is 0 Å². The summed E-state index contributed by atoms with van der Waals surface area (Å²) < 4.78 is 5.37. The third kappa shape index (κ3) is 4.91. The number of nitrogens with zero attached hydrogens (tertiary/aromatic N) is 2. The monoisotopic (exact) mass is 304 g/mol. The van der Waals surface area contributed by atoms with Gasteiger partial charge in [-0.3, -0.25) is 4.79 Å². The van der Waals surface area contributed by atoms with Gasteiger partial charge in [-0.1, -0.05) is 6.08 Å². The number of hydrogen-bond acceptors (Lipinski definition) is 5. The number of allylic oxidation sites excluding steroid dienone is 2. The molecule has 1 aromatic heterocycles. The Labute approximate surface area is 131 Å². The van der Waals surface area contributed by atoms with Crippen molar-refractivity contribution in [3.05, 3.63) is 29.9 Å². The van der Waals surface area contributed by atoms with Crippen LogP contribution in [-0.2, 0) is 16.1 Å². The lowest BCUT2D eigenvalue weighted by molar-refractivity contribution is -0.156. The van der Waals surface area contributed by atoms with Crippen LogP contribution >= 0.6 is 0 Å². The summed E-state index contributed by atoms with van der Waals surface area (Å²) in [6.07, 6.45) is 6.84. The Balaban J connectivity index is 1.93. The number of carbonyl (C=O) groups is 1. The molecule has 1 aliphatic carbocycles. The third-order valence-corrected chi connectivity index (χ3v) is 3.56. The van der Waals surface area contributed by atoms with Gasteiger partial charge in [-0.25, -0.2) is 9.97 Å². The lowest BCUT2D eigenvalue weighted by Crippen LogP contribution is -2.25. The normalized spacial score (nSPS) is 18.7. The highest BCUT2D eigenvalue weighted by molar-refractivity contribution is 5.70. The molecule has 0 radical (unpaired) electrons. The predicted octanol–water partition coefficient (Wildman–Crippen LogP) is 2.88. The molecule has 0 bridgehead atoms. The first-order valence-corrected chi connectivity index (χ1v) is 7.71. The number of carbonyl (C=O) groups excluding carboxylic acids is 1. The average Bonchev–Trinajstić information content (AvgIpc) is 2.46. The Morgan fingerprint density at radius 1 is 1.45 bits per heavy atom. The first kappa shape index (κ1) is 16.6. The van der Waals surface area contributed by atoms with Gasteiger partial charge >= 0.3 is 5.97 Å². The number of aliphatic hydroxyl groups is 1. The maximum absolute atomic E-state index is 11.9. The zero-order valence-electron chi connectivity index (χ0n) is 13.5. The maximum Gasteiger partial charge on any atom is 0.306 e. The van der Waals surface area contributed by atoms with Crippen LogP contribution in [0.25, 0.3) is 5.57 Å². The summed E-state index contributed by atoms with van der Waals surface area (Å²) in [6.45, 7) is 5.57. The fourth-order valence-electron chi connectivity index (χ4n) is 2.53. The summed E-state index contributed by atoms with van der Waals surface area (Å²) in [4.78, 5) is 20.5. The zero-order valence-corrected chi connectivity index (χ0v) is 13.5. The van der Waals surface area contributed by atoms with E-state index in [9.17, 15) is 4.79 Å². The molecule has 1 N–H and O–H groups in total. The first-order chi connectivity index (χ1) is 10.4. The van der Waals surface area contributed by atoms with Crippen LogP contribution in [0.2, 0.25) is 0 Å². The van der Waals surface area contributed by atoms with Crippen molar-refractivity contribution in [1.82, 2.24) is 9.97 Å². The van der Waals surface area contributed by atoms with E-state index in [-0.39, 0.29) is 12.6 Å². The number of aromatic nitrogens is 2. The van der Waals surface area contributed by atoms with Gasteiger partial charge in [-0.2, -0.15) is 0 Å². The van der Waals surface area contributed by atoms with E-state index in [0.29, 0.717) is 23.9 Å². The molecule has 120 valence electrons. The molecule has 1 heterocycles. The van der Waals surface area contributed by atoms with Gasteiger partial charge in [0.2, 0.25) is 0 Å². The highest BCUT2D eigenvalue weighted by Crippen LogP contribution is 2.31. The van der Waals surface area contributed by atoms with Crippen LogP contribution in [0.5, 0.6) is 0 Å². The first-order valence-electron chi connectivity index (χ1n) is 7.71. The largest absolute Gasteiger partial charge is 0.460 e. The minimum atomic E-state index is -0.425. The van der Waals surface area contributed by atoms with E-state index >= 15 is 0 Å². The van der Waals surface area contributed by atoms with E-state index in [2.05, 4.69) is 16.0 Å². The van der Waals surface area contributed by atoms with Gasteiger partial charge < -0.3 is 9.84 Å². The molecule has 2 rings (SSSR count). The van der Waals surface area contributed by atoms with Crippen molar-refractivity contribution in [1.29, 1.82) is 0 Å². The minimum Gasteiger partial charge on any atom is -0.460 e. The van der Waals surface area contributed by atoms with Gasteiger partial charge in [0.15, 0.2) is 5.82 Å². The summed E-state index contributed by atoms with van der Waals surface area (Å²) in [7, 11) is 0. The van der Waals surface area contributed by atoms with Gasteiger partial charge in [-0.15, -0.1) is 0 Å². The molecule has 0 aliphatic heterocycles. The number of hydrogen-bond donors (Lipinski definition) is 1. The second-order valence-corrected chi connectivity index (χ2v) is 6.69. The van der Waals surface area contributed by atoms with Crippen LogP contribution in [0.1, 0.15) is 58.0 Å². The van der Waals surface area contributed by atoms with Gasteiger partial charge in [0.1, 0.15) is 5.60 Å². The van der Waals surface area contributed by atoms with Crippen LogP contribution in [0.15, 0.2) is 18.3 Å². The lowest BCUT2D eigenvalue weighted by Gasteiger charge is -2.24. The van der Waals surface area contributed by atoms with Gasteiger partial charge in [0, 0.05) is 12.6 Å². The topological polar surface area (TPSA) is 72.3 Å². The molecule has 0 spiro atoms. The van der Waals surface area contributed by atoms with Gasteiger partial charge in [-0.05, 0) is 57.6 Å². The highest BCUT2D eigenvalue weighted by Gasteiger charge is 2.23. The fraction of sp³-hybridized carbons (Fsp3) is 0.588. The summed E-state index contributed by atoms with van der Waals surface area (Å²) in [5.74, 6) is 0.870. The fourth-order valence-corrected chi connectivity index (χ4v) is 2.53. The van der Waals surface area contributed by atoms with Crippen LogP contribution in [-0.4, -0.2) is 26.6 Å². The van der Waals surface area contributed by atoms with E-state index in [4.69, 9.17) is 9.84 Å². The molecular weight excluding hydrogens is 280 g/mol. The molecule has 0 aromatic carbocycles. The smallest absolute Gasteiger partial charge is 0.306 e. The minimum absolute atomic E-state index is 0.0793. The Kier molecular flexibility index (Phi) is 5.29. The number of aliphatic hydroxyl groups excluding tert-OH is 1. The molecule has 0 amide bonds. The molecule has 1 aromatic rings. The summed E-state index contributed by atoms with van der Waals surface area (Å²) in [6, 6.07) is 1.71. The summed E-state index contributed by atoms with van der Waals surface area (Å²) in [5.41, 5.74) is 1.29. The van der Waals surface area contributed by atoms with Crippen LogP contribution in [0, 0.1) is 5.92 Å². The molecule has 0 unspecified atom stereocenters. The van der Waals surface area contributed by atoms with E-state index < -0.39 is 5.60 Å². The Bertz CT molecular complexity index is 561. The van der Waals surface area contributed by atoms with E-state index in [1.165, 1.54) is 0 Å². The zero-order chi connectivity index (χ0) is 16.2. The van der Waals surface area contributed by atoms with Crippen molar-refractivity contribution in [3.63, 3.8) is 0 Å². The quantitative estimate of drug-likeness (QED) is 0.866. The molecule has 5 heteroatoms. The SMILES string of the molecule is CC(C)(C)OC(=O)C[C@H]1CC=C(c2nccc(CO)n2)CC1. The molecule has 5 nitrogen and oxygen atoms in total. The van der Waals surface area contributed by atoms with Crippen LogP contribution in [0.4, 0.5) is 0 Å². The van der Waals surface area contributed by atoms with Crippen molar-refractivity contribution in [2.75, 3.05) is 0 Å². The molecular formula is C17H24N2O3. The molecule has 1 atom stereocenters. The van der Waals surface area contributed by atoms with Crippen molar-refractivity contribution >= 4 is 11.5 Å². The van der Waals surface area contributed by atoms with Crippen LogP contribution in [0.3, 0.4) is 0 Å². The number of esters is 1. The second-order valence-electron chi connectivity index (χ2n) is 6.69. The van der Waals surface area contributed by atoms with E-state index in [1.807, 2.05) is 20.8 Å². The standard InChI is InChI=1S/C17H24N2O3/c1-17(2,3)22-15(21)10-12-4-6-13(7-5-12)16-18-9-8-14(11-20)19-16/h6,8-9,12,20H,4-5,7,10-11H2,1-3H3/t12-/m0/s1. The van der Waals surface area contributed by atoms with Crippen molar-refractivity contribution in [2.24, 2.45) is 5.92 Å². The van der Waals surface area contributed by atoms with Crippen molar-refractivity contribution < 1.29 is 14.6 Å². The molecule has 1 aliphatic rings.